The van der Waals surface area contributed by atoms with Crippen molar-refractivity contribution in [3.05, 3.63) is 35.4 Å². The Hall–Kier alpha value is -3.07. The standard InChI is InChI=1S/C19H26N8O13P2.3C16H36N.O/c20-11-1-2-26(19(30)25-11)12-3-8(9(38-12)4-36-41(31,32)33)40-42(34,35)37-5-10-14(28)15(29)18(39-10)27-7-24-13-16(21)22-6-23-17(13)27;3*1-5-9-13-17(14-10-6-2,15-11-7-3)16-12-8-4;/h1-2,6-10,12,14-15,18,28-29H,3-5H2,(H,34,35)(H2,20,25,30)(H2,21,22,23)(H2,31,32,33);3*5-16H2,1-4H3;/q;3*+1;/p-3/t8-,9+,10+,12+,14+,15+,18+;;;;/m0..../s1. The van der Waals surface area contributed by atoms with Gasteiger partial charge in [-0.2, -0.15) is 4.98 Å². The number of phosphoric ester groups is 2. The van der Waals surface area contributed by atoms with Crippen molar-refractivity contribution in [3.8, 4) is 0 Å². The lowest BCUT2D eigenvalue weighted by Crippen LogP contribution is -2.50. The minimum absolute atomic E-state index is 0. The number of nitrogens with zero attached hydrogens (tertiary/aromatic N) is 9. The lowest BCUT2D eigenvalue weighted by molar-refractivity contribution is -0.929. The number of aliphatic hydroxyl groups excluding tert-OH is 2. The number of hydrogen-bond acceptors (Lipinski definition) is 19. The maximum atomic E-state index is 12.7. The Morgan fingerprint density at radius 2 is 0.915 bits per heavy atom. The summed E-state index contributed by atoms with van der Waals surface area (Å²) in [7, 11) is -10.8. The fraction of sp³-hybridized carbons (Fsp3) is 0.866. The second-order valence-electron chi connectivity index (χ2n) is 26.1. The van der Waals surface area contributed by atoms with Gasteiger partial charge in [0.15, 0.2) is 17.7 Å². The van der Waals surface area contributed by atoms with Crippen molar-refractivity contribution in [2.45, 2.75) is 287 Å². The number of unbranched alkanes of at least 4 members (excludes halogenated alkanes) is 12. The molecule has 2 aliphatic rings. The van der Waals surface area contributed by atoms with Crippen molar-refractivity contribution < 1.29 is 76.0 Å². The summed E-state index contributed by atoms with van der Waals surface area (Å²) in [6, 6.07) is 1.26. The lowest BCUT2D eigenvalue weighted by atomic mass is 10.1. The van der Waals surface area contributed by atoms with Gasteiger partial charge in [-0.3, -0.25) is 13.7 Å². The van der Waals surface area contributed by atoms with Crippen LogP contribution in [0.3, 0.4) is 0 Å². The largest absolute Gasteiger partial charge is 0.790 e. The highest BCUT2D eigenvalue weighted by Gasteiger charge is 2.46. The van der Waals surface area contributed by atoms with Gasteiger partial charge in [0.2, 0.25) is 0 Å². The van der Waals surface area contributed by atoms with Gasteiger partial charge < -0.3 is 77.4 Å². The molecule has 5 heterocycles. The summed E-state index contributed by atoms with van der Waals surface area (Å²) in [5.41, 5.74) is 10.7. The Morgan fingerprint density at radius 3 is 1.27 bits per heavy atom. The van der Waals surface area contributed by atoms with Gasteiger partial charge in [0.05, 0.1) is 112 Å². The zero-order valence-electron chi connectivity index (χ0n) is 60.3. The first-order chi connectivity index (χ1) is 44.4. The van der Waals surface area contributed by atoms with Gasteiger partial charge in [-0.1, -0.05) is 160 Å². The van der Waals surface area contributed by atoms with Crippen LogP contribution < -0.4 is 31.8 Å². The van der Waals surface area contributed by atoms with Gasteiger partial charge in [-0.15, -0.1) is 0 Å². The van der Waals surface area contributed by atoms with Gasteiger partial charge in [0.1, 0.15) is 48.3 Å². The molecule has 5 rings (SSSR count). The van der Waals surface area contributed by atoms with Crippen LogP contribution in [0.4, 0.5) is 11.6 Å². The average Bonchev–Trinajstić information content (AvgIpc) is 1.63. The van der Waals surface area contributed by atoms with Crippen molar-refractivity contribution in [2.75, 3.05) is 103 Å². The molecule has 0 bridgehead atoms. The Labute approximate surface area is 566 Å². The molecule has 8 atom stereocenters. The molecule has 2 saturated heterocycles. The van der Waals surface area contributed by atoms with Crippen LogP contribution >= 0.6 is 15.6 Å². The molecule has 2 fully saturated rings. The van der Waals surface area contributed by atoms with Crippen molar-refractivity contribution >= 4 is 38.4 Å². The summed E-state index contributed by atoms with van der Waals surface area (Å²) >= 11 is 0. The second-order valence-corrected chi connectivity index (χ2v) is 28.6. The van der Waals surface area contributed by atoms with Crippen LogP contribution in [0.25, 0.3) is 11.2 Å². The molecule has 25 nitrogen and oxygen atoms in total. The molecule has 6 N–H and O–H groups in total. The maximum Gasteiger partial charge on any atom is 0.351 e. The van der Waals surface area contributed by atoms with Crippen molar-refractivity contribution in [3.63, 3.8) is 0 Å². The van der Waals surface area contributed by atoms with E-state index in [4.69, 9.17) is 30.0 Å². The van der Waals surface area contributed by atoms with Crippen molar-refractivity contribution in [1.82, 2.24) is 29.1 Å². The Morgan fingerprint density at radius 1 is 0.543 bits per heavy atom. The van der Waals surface area contributed by atoms with Gasteiger partial charge in [-0.05, 0) is 83.1 Å². The van der Waals surface area contributed by atoms with Crippen LogP contribution in [0.2, 0.25) is 0 Å². The highest BCUT2D eigenvalue weighted by molar-refractivity contribution is 7.45. The number of nitrogen functional groups attached to an aromatic ring is 2. The Bertz CT molecular complexity index is 2370. The van der Waals surface area contributed by atoms with E-state index >= 15 is 0 Å². The average molecular weight is 1380 g/mol. The summed E-state index contributed by atoms with van der Waals surface area (Å²) in [5, 5.41) is 21.0. The summed E-state index contributed by atoms with van der Waals surface area (Å²) in [4.78, 5) is 62.3. The van der Waals surface area contributed by atoms with E-state index in [-0.39, 0.29) is 34.7 Å². The predicted molar refractivity (Wildman–Crippen MR) is 368 cm³/mol. The molecular formula is C67H131N11O14P2. The van der Waals surface area contributed by atoms with Crippen LogP contribution in [0.1, 0.15) is 256 Å². The van der Waals surface area contributed by atoms with Crippen molar-refractivity contribution in [2.24, 2.45) is 0 Å². The Balaban J connectivity index is 0.000000709. The van der Waals surface area contributed by atoms with E-state index in [0.29, 0.717) is 0 Å². The number of ether oxygens (including phenoxy) is 2. The molecule has 27 heteroatoms. The van der Waals surface area contributed by atoms with Gasteiger partial charge in [0.25, 0.3) is 7.82 Å². The molecule has 1 unspecified atom stereocenters. The number of imidazole rings is 1. The normalized spacial score (nSPS) is 19.8. The maximum absolute atomic E-state index is 12.7. The molecule has 0 spiro atoms. The third kappa shape index (κ3) is 32.3. The van der Waals surface area contributed by atoms with Crippen LogP contribution in [0.15, 0.2) is 29.7 Å². The first-order valence-corrected chi connectivity index (χ1v) is 39.2. The molecule has 0 aromatic carbocycles. The zero-order chi connectivity index (χ0) is 69.4. The summed E-state index contributed by atoms with van der Waals surface area (Å²) in [6.45, 7) is 43.3. The number of aromatic nitrogens is 6. The zero-order valence-corrected chi connectivity index (χ0v) is 62.1. The highest BCUT2D eigenvalue weighted by atomic mass is 31.2. The van der Waals surface area contributed by atoms with E-state index in [1.54, 1.807) is 0 Å². The molecule has 3 aromatic heterocycles. The first kappa shape index (κ1) is 88.9. The van der Waals surface area contributed by atoms with Crippen LogP contribution in [0.5, 0.6) is 0 Å². The number of phosphoric acid groups is 2. The number of aliphatic hydroxyl groups is 2. The van der Waals surface area contributed by atoms with Crippen LogP contribution in [-0.2, 0) is 37.7 Å². The van der Waals surface area contributed by atoms with Gasteiger partial charge >= 0.3 is 5.69 Å². The molecule has 94 heavy (non-hydrogen) atoms. The highest BCUT2D eigenvalue weighted by Crippen LogP contribution is 2.46. The second kappa shape index (κ2) is 48.6. The quantitative estimate of drug-likeness (QED) is 0.0301. The molecule has 2 aliphatic heterocycles. The smallest absolute Gasteiger partial charge is 0.351 e. The van der Waals surface area contributed by atoms with Gasteiger partial charge in [0, 0.05) is 18.1 Å². The fourth-order valence-corrected chi connectivity index (χ4v) is 13.7. The molecule has 2 radical (unpaired) electrons. The van der Waals surface area contributed by atoms with Crippen molar-refractivity contribution in [1.29, 1.82) is 0 Å². The van der Waals surface area contributed by atoms with E-state index in [2.05, 4.69) is 108 Å². The molecule has 548 valence electrons. The predicted octanol–water partition coefficient (Wildman–Crippen LogP) is 10.8. The number of fused-ring (bicyclic) bond motifs is 1. The topological polar surface area (TPSA) is 349 Å². The molecule has 0 saturated carbocycles. The monoisotopic (exact) mass is 1380 g/mol. The van der Waals surface area contributed by atoms with Crippen LogP contribution in [-0.4, -0.2) is 175 Å². The molecule has 0 amide bonds. The SMILES string of the molecule is CCCC[N+](CCCC)(CCCC)CCCC.CCCC[N+](CCCC)(CCCC)CCCC.CCCC[N+](CCCC)(CCCC)CCCC.Nc1ccn([C@H]2C[C@H](OP(=O)([O-])OC[C@H]3O[C@@H](n4cnc5c(N)ncnc54)[C@H](O)[C@@H]3O)[C@@H](COP(=O)([O-])[O-])O2)c(=O)n1.[O]. The molecular weight excluding hydrogens is 1240 g/mol. The van der Waals surface area contributed by atoms with E-state index in [1.807, 2.05) is 0 Å². The number of hydrogen-bond donors (Lipinski definition) is 4. The minimum atomic E-state index is -5.49. The van der Waals surface area contributed by atoms with Crippen LogP contribution in [0, 0.1) is 0 Å². The van der Waals surface area contributed by atoms with E-state index in [1.165, 1.54) is 269 Å². The minimum Gasteiger partial charge on any atom is -0.790 e. The van der Waals surface area contributed by atoms with Gasteiger partial charge in [-0.25, -0.2) is 19.7 Å². The third-order valence-corrected chi connectivity index (χ3v) is 19.7. The van der Waals surface area contributed by atoms with E-state index in [0.717, 1.165) is 10.9 Å². The number of quaternary nitrogens is 3. The molecule has 0 aliphatic carbocycles. The summed E-state index contributed by atoms with van der Waals surface area (Å²) < 4.78 is 55.5. The third-order valence-electron chi connectivity index (χ3n) is 18.2. The molecule has 3 aromatic rings. The first-order valence-electron chi connectivity index (χ1n) is 36.3. The Kier molecular flexibility index (Phi) is 46.0. The summed E-state index contributed by atoms with van der Waals surface area (Å²) in [5.74, 6) is -0.0378. The number of rotatable bonds is 46. The number of anilines is 2. The fourth-order valence-electron chi connectivity index (χ4n) is 12.4. The van der Waals surface area contributed by atoms with E-state index in [9.17, 15) is 38.8 Å². The van der Waals surface area contributed by atoms with E-state index < -0.39 is 77.5 Å². The number of nitrogens with two attached hydrogens (primary N) is 2. The lowest BCUT2D eigenvalue weighted by Gasteiger charge is -2.39. The summed E-state index contributed by atoms with van der Waals surface area (Å²) in [6.07, 6.45) is 26.4.